The van der Waals surface area contributed by atoms with Gasteiger partial charge >= 0.3 is 0 Å². The summed E-state index contributed by atoms with van der Waals surface area (Å²) < 4.78 is 25.9. The third-order valence-electron chi connectivity index (χ3n) is 3.29. The van der Waals surface area contributed by atoms with E-state index in [2.05, 4.69) is 9.62 Å². The molecule has 4 nitrogen and oxygen atoms in total. The summed E-state index contributed by atoms with van der Waals surface area (Å²) in [5.41, 5.74) is 2.73. The lowest BCUT2D eigenvalue weighted by Crippen LogP contribution is -2.19. The molecule has 1 saturated heterocycles. The van der Waals surface area contributed by atoms with Crippen molar-refractivity contribution in [1.82, 2.24) is 0 Å². The van der Waals surface area contributed by atoms with Gasteiger partial charge in [-0.05, 0) is 43.5 Å². The molecule has 0 amide bonds. The fourth-order valence-electron chi connectivity index (χ4n) is 2.25. The summed E-state index contributed by atoms with van der Waals surface area (Å²) in [4.78, 5) is 2.32. The molecule has 1 heterocycles. The molecule has 106 valence electrons. The molecule has 0 aromatic heterocycles. The first-order chi connectivity index (χ1) is 9.02. The molecule has 1 aromatic rings. The van der Waals surface area contributed by atoms with Crippen LogP contribution in [0, 0.1) is 6.92 Å². The summed E-state index contributed by atoms with van der Waals surface area (Å²) in [6.07, 6.45) is 2.45. The van der Waals surface area contributed by atoms with Crippen LogP contribution in [0.25, 0.3) is 0 Å². The zero-order valence-corrected chi connectivity index (χ0v) is 12.6. The topological polar surface area (TPSA) is 49.4 Å². The molecule has 1 aliphatic rings. The number of sulfonamides is 1. The predicted molar refractivity (Wildman–Crippen MR) is 80.8 cm³/mol. The van der Waals surface area contributed by atoms with Gasteiger partial charge in [0.25, 0.3) is 0 Å². The van der Waals surface area contributed by atoms with Gasteiger partial charge in [0.15, 0.2) is 0 Å². The molecule has 0 bridgehead atoms. The van der Waals surface area contributed by atoms with Gasteiger partial charge in [0.05, 0.1) is 11.4 Å². The lowest BCUT2D eigenvalue weighted by Gasteiger charge is -2.19. The van der Waals surface area contributed by atoms with Gasteiger partial charge in [-0.1, -0.05) is 0 Å². The molecule has 0 aliphatic carbocycles. The number of aryl methyl sites for hydroxylation is 1. The van der Waals surface area contributed by atoms with Crippen LogP contribution in [0.3, 0.4) is 0 Å². The molecular formula is C13H19ClN2O2S. The van der Waals surface area contributed by atoms with Crippen molar-refractivity contribution in [2.45, 2.75) is 19.8 Å². The molecule has 1 fully saturated rings. The van der Waals surface area contributed by atoms with Gasteiger partial charge < -0.3 is 4.90 Å². The van der Waals surface area contributed by atoms with E-state index in [0.29, 0.717) is 5.69 Å². The predicted octanol–water partition coefficient (Wildman–Crippen LogP) is 2.58. The van der Waals surface area contributed by atoms with Gasteiger partial charge in [-0.15, -0.1) is 11.6 Å². The normalized spacial score (nSPS) is 15.8. The average Bonchev–Trinajstić information content (AvgIpc) is 2.85. The summed E-state index contributed by atoms with van der Waals surface area (Å²) >= 11 is 5.48. The van der Waals surface area contributed by atoms with Crippen molar-refractivity contribution in [3.05, 3.63) is 23.8 Å². The summed E-state index contributed by atoms with van der Waals surface area (Å²) in [5.74, 6) is 0.0299. The monoisotopic (exact) mass is 302 g/mol. The SMILES string of the molecule is Cc1cc(N2CCCC2)ccc1NS(=O)(=O)CCCl. The first-order valence-corrected chi connectivity index (χ1v) is 8.62. The number of hydrogen-bond acceptors (Lipinski definition) is 3. The Labute approximate surface area is 119 Å². The van der Waals surface area contributed by atoms with E-state index in [1.807, 2.05) is 25.1 Å². The van der Waals surface area contributed by atoms with Crippen LogP contribution in [-0.4, -0.2) is 33.1 Å². The number of hydrogen-bond donors (Lipinski definition) is 1. The van der Waals surface area contributed by atoms with Crippen LogP contribution in [0.4, 0.5) is 11.4 Å². The van der Waals surface area contributed by atoms with E-state index in [4.69, 9.17) is 11.6 Å². The Morgan fingerprint density at radius 2 is 2.00 bits per heavy atom. The highest BCUT2D eigenvalue weighted by Crippen LogP contribution is 2.26. The van der Waals surface area contributed by atoms with Crippen molar-refractivity contribution < 1.29 is 8.42 Å². The number of alkyl halides is 1. The van der Waals surface area contributed by atoms with Crippen LogP contribution < -0.4 is 9.62 Å². The summed E-state index contributed by atoms with van der Waals surface area (Å²) in [5, 5.41) is 0. The second-order valence-corrected chi connectivity index (χ2v) is 7.02. The highest BCUT2D eigenvalue weighted by atomic mass is 35.5. The molecule has 0 atom stereocenters. The van der Waals surface area contributed by atoms with E-state index < -0.39 is 10.0 Å². The molecule has 0 spiro atoms. The summed E-state index contributed by atoms with van der Waals surface area (Å²) in [6.45, 7) is 4.08. The minimum absolute atomic E-state index is 0.0676. The largest absolute Gasteiger partial charge is 0.372 e. The van der Waals surface area contributed by atoms with Gasteiger partial charge in [-0.25, -0.2) is 8.42 Å². The third-order valence-corrected chi connectivity index (χ3v) is 4.98. The molecule has 2 rings (SSSR count). The maximum absolute atomic E-state index is 11.7. The average molecular weight is 303 g/mol. The lowest BCUT2D eigenvalue weighted by atomic mass is 10.2. The maximum atomic E-state index is 11.7. The van der Waals surface area contributed by atoms with Crippen LogP contribution >= 0.6 is 11.6 Å². The second kappa shape index (κ2) is 6.01. The van der Waals surface area contributed by atoms with E-state index in [9.17, 15) is 8.42 Å². The fraction of sp³-hybridized carbons (Fsp3) is 0.538. The van der Waals surface area contributed by atoms with Crippen LogP contribution in [0.1, 0.15) is 18.4 Å². The molecule has 19 heavy (non-hydrogen) atoms. The minimum Gasteiger partial charge on any atom is -0.372 e. The molecule has 1 N–H and O–H groups in total. The summed E-state index contributed by atoms with van der Waals surface area (Å²) in [6, 6.07) is 5.83. The van der Waals surface area contributed by atoms with Crippen LogP contribution in [-0.2, 0) is 10.0 Å². The first-order valence-electron chi connectivity index (χ1n) is 6.44. The molecule has 0 saturated carbocycles. The molecule has 1 aromatic carbocycles. The Bertz CT molecular complexity index is 540. The Kier molecular flexibility index (Phi) is 4.58. The second-order valence-electron chi connectivity index (χ2n) is 4.80. The zero-order chi connectivity index (χ0) is 13.9. The van der Waals surface area contributed by atoms with Gasteiger partial charge in [-0.3, -0.25) is 4.72 Å². The van der Waals surface area contributed by atoms with E-state index >= 15 is 0 Å². The smallest absolute Gasteiger partial charge is 0.233 e. The van der Waals surface area contributed by atoms with Gasteiger partial charge in [-0.2, -0.15) is 0 Å². The molecule has 0 radical (unpaired) electrons. The van der Waals surface area contributed by atoms with Crippen molar-refractivity contribution >= 4 is 33.0 Å². The van der Waals surface area contributed by atoms with Gasteiger partial charge in [0.1, 0.15) is 0 Å². The number of benzene rings is 1. The third kappa shape index (κ3) is 3.76. The van der Waals surface area contributed by atoms with Crippen LogP contribution in [0.5, 0.6) is 0 Å². The standard InChI is InChI=1S/C13H19ClN2O2S/c1-11-10-12(16-7-2-3-8-16)4-5-13(11)15-19(17,18)9-6-14/h4-5,10,15H,2-3,6-9H2,1H3. The zero-order valence-electron chi connectivity index (χ0n) is 11.0. The van der Waals surface area contributed by atoms with Crippen molar-refractivity contribution in [2.75, 3.05) is 34.3 Å². The van der Waals surface area contributed by atoms with E-state index in [1.54, 1.807) is 0 Å². The van der Waals surface area contributed by atoms with E-state index in [-0.39, 0.29) is 11.6 Å². The quantitative estimate of drug-likeness (QED) is 0.851. The number of rotatable bonds is 5. The Morgan fingerprint density at radius 1 is 1.32 bits per heavy atom. The molecule has 1 aliphatic heterocycles. The molecule has 0 unspecified atom stereocenters. The van der Waals surface area contributed by atoms with Crippen molar-refractivity contribution in [3.8, 4) is 0 Å². The van der Waals surface area contributed by atoms with Crippen molar-refractivity contribution in [3.63, 3.8) is 0 Å². The Hall–Kier alpha value is -0.940. The number of halogens is 1. The molecular weight excluding hydrogens is 284 g/mol. The first kappa shape index (κ1) is 14.5. The van der Waals surface area contributed by atoms with Crippen LogP contribution in [0.15, 0.2) is 18.2 Å². The number of anilines is 2. The van der Waals surface area contributed by atoms with Crippen molar-refractivity contribution in [1.29, 1.82) is 0 Å². The van der Waals surface area contributed by atoms with Gasteiger partial charge in [0.2, 0.25) is 10.0 Å². The lowest BCUT2D eigenvalue weighted by molar-refractivity contribution is 0.602. The van der Waals surface area contributed by atoms with Crippen molar-refractivity contribution in [2.24, 2.45) is 0 Å². The Morgan fingerprint density at radius 3 is 2.58 bits per heavy atom. The van der Waals surface area contributed by atoms with Crippen LogP contribution in [0.2, 0.25) is 0 Å². The number of nitrogens with one attached hydrogen (secondary N) is 1. The fourth-order valence-corrected chi connectivity index (χ4v) is 3.73. The highest BCUT2D eigenvalue weighted by Gasteiger charge is 2.15. The minimum atomic E-state index is -3.33. The highest BCUT2D eigenvalue weighted by molar-refractivity contribution is 7.92. The number of nitrogens with zero attached hydrogens (tertiary/aromatic N) is 1. The Balaban J connectivity index is 2.15. The maximum Gasteiger partial charge on any atom is 0.233 e. The van der Waals surface area contributed by atoms with E-state index in [1.165, 1.54) is 12.8 Å². The summed E-state index contributed by atoms with van der Waals surface area (Å²) in [7, 11) is -3.33. The van der Waals surface area contributed by atoms with E-state index in [0.717, 1.165) is 24.3 Å². The van der Waals surface area contributed by atoms with Gasteiger partial charge in [0, 0.05) is 24.7 Å². The molecule has 6 heteroatoms.